The van der Waals surface area contributed by atoms with E-state index in [1.54, 1.807) is 20.1 Å². The Morgan fingerprint density at radius 3 is 2.45 bits per heavy atom. The highest BCUT2D eigenvalue weighted by Gasteiger charge is 2.06. The van der Waals surface area contributed by atoms with Crippen molar-refractivity contribution in [2.24, 2.45) is 0 Å². The van der Waals surface area contributed by atoms with Crippen LogP contribution in [0.15, 0.2) is 42.5 Å². The first kappa shape index (κ1) is 14.5. The molecule has 1 unspecified atom stereocenters. The Hall–Kier alpha value is -1.87. The molecule has 0 heterocycles. The van der Waals surface area contributed by atoms with Gasteiger partial charge in [-0.05, 0) is 48.7 Å². The average Bonchev–Trinajstić information content (AvgIpc) is 2.48. The molecule has 1 N–H and O–H groups in total. The van der Waals surface area contributed by atoms with Gasteiger partial charge in [0.25, 0.3) is 0 Å². The number of hydrogen-bond acceptors (Lipinski definition) is 2. The van der Waals surface area contributed by atoms with E-state index in [-0.39, 0.29) is 11.9 Å². The van der Waals surface area contributed by atoms with Crippen LogP contribution in [-0.4, -0.2) is 7.11 Å². The van der Waals surface area contributed by atoms with Crippen molar-refractivity contribution in [2.75, 3.05) is 7.11 Å². The molecule has 0 aliphatic carbocycles. The number of nitrogens with one attached hydrogen (secondary N) is 1. The Morgan fingerprint density at radius 2 is 1.85 bits per heavy atom. The third-order valence-corrected chi connectivity index (χ3v) is 3.46. The SMILES string of the molecule is COc1ccc(C(C)NCc2ccc(C)c(F)c2)cc1. The highest BCUT2D eigenvalue weighted by Crippen LogP contribution is 2.18. The summed E-state index contributed by atoms with van der Waals surface area (Å²) in [5.74, 6) is 0.697. The van der Waals surface area contributed by atoms with Gasteiger partial charge in [0, 0.05) is 12.6 Å². The summed E-state index contributed by atoms with van der Waals surface area (Å²) in [7, 11) is 1.66. The summed E-state index contributed by atoms with van der Waals surface area (Å²) < 4.78 is 18.6. The Balaban J connectivity index is 1.96. The molecule has 1 atom stereocenters. The van der Waals surface area contributed by atoms with Crippen LogP contribution in [0.25, 0.3) is 0 Å². The summed E-state index contributed by atoms with van der Waals surface area (Å²) in [6.45, 7) is 4.50. The van der Waals surface area contributed by atoms with Crippen molar-refractivity contribution in [1.29, 1.82) is 0 Å². The third-order valence-electron chi connectivity index (χ3n) is 3.46. The number of hydrogen-bond donors (Lipinski definition) is 1. The molecule has 0 bridgehead atoms. The molecule has 20 heavy (non-hydrogen) atoms. The Bertz CT molecular complexity index is 566. The van der Waals surface area contributed by atoms with E-state index in [2.05, 4.69) is 12.2 Å². The summed E-state index contributed by atoms with van der Waals surface area (Å²) in [6, 6.07) is 13.5. The number of ether oxygens (including phenoxy) is 1. The van der Waals surface area contributed by atoms with Crippen molar-refractivity contribution in [2.45, 2.75) is 26.4 Å². The van der Waals surface area contributed by atoms with E-state index in [4.69, 9.17) is 4.74 Å². The summed E-state index contributed by atoms with van der Waals surface area (Å²) in [5, 5.41) is 3.39. The van der Waals surface area contributed by atoms with E-state index in [0.717, 1.165) is 11.3 Å². The van der Waals surface area contributed by atoms with Gasteiger partial charge >= 0.3 is 0 Å². The maximum Gasteiger partial charge on any atom is 0.126 e. The quantitative estimate of drug-likeness (QED) is 0.889. The molecule has 0 aromatic heterocycles. The van der Waals surface area contributed by atoms with Crippen LogP contribution < -0.4 is 10.1 Å². The standard InChI is InChI=1S/C17H20FNO/c1-12-4-5-14(10-17(12)18)11-19-13(2)15-6-8-16(20-3)9-7-15/h4-10,13,19H,11H2,1-3H3. The first-order valence-electron chi connectivity index (χ1n) is 6.72. The summed E-state index contributed by atoms with van der Waals surface area (Å²) >= 11 is 0. The predicted molar refractivity (Wildman–Crippen MR) is 79.4 cm³/mol. The van der Waals surface area contributed by atoms with E-state index < -0.39 is 0 Å². The molecule has 0 saturated heterocycles. The van der Waals surface area contributed by atoms with Gasteiger partial charge in [-0.25, -0.2) is 4.39 Å². The molecule has 0 radical (unpaired) electrons. The Morgan fingerprint density at radius 1 is 1.15 bits per heavy atom. The van der Waals surface area contributed by atoms with Crippen LogP contribution >= 0.6 is 0 Å². The highest BCUT2D eigenvalue weighted by molar-refractivity contribution is 5.29. The van der Waals surface area contributed by atoms with Crippen molar-refractivity contribution in [3.05, 3.63) is 65.0 Å². The molecule has 2 rings (SSSR count). The van der Waals surface area contributed by atoms with Gasteiger partial charge in [0.2, 0.25) is 0 Å². The lowest BCUT2D eigenvalue weighted by Gasteiger charge is -2.15. The fraction of sp³-hybridized carbons (Fsp3) is 0.294. The largest absolute Gasteiger partial charge is 0.497 e. The second-order valence-corrected chi connectivity index (χ2v) is 4.96. The molecule has 0 fully saturated rings. The smallest absolute Gasteiger partial charge is 0.126 e. The minimum absolute atomic E-state index is 0.151. The molecule has 3 heteroatoms. The lowest BCUT2D eigenvalue weighted by molar-refractivity contribution is 0.414. The average molecular weight is 273 g/mol. The molecule has 106 valence electrons. The number of benzene rings is 2. The van der Waals surface area contributed by atoms with E-state index in [1.165, 1.54) is 5.56 Å². The molecule has 0 spiro atoms. The summed E-state index contributed by atoms with van der Waals surface area (Å²) in [5.41, 5.74) is 2.81. The first-order valence-corrected chi connectivity index (χ1v) is 6.72. The lowest BCUT2D eigenvalue weighted by Crippen LogP contribution is -2.18. The van der Waals surface area contributed by atoms with Gasteiger partial charge in [0.15, 0.2) is 0 Å². The fourth-order valence-electron chi connectivity index (χ4n) is 2.03. The van der Waals surface area contributed by atoms with E-state index in [9.17, 15) is 4.39 Å². The van der Waals surface area contributed by atoms with Gasteiger partial charge in [-0.3, -0.25) is 0 Å². The zero-order valence-corrected chi connectivity index (χ0v) is 12.1. The summed E-state index contributed by atoms with van der Waals surface area (Å²) in [6.07, 6.45) is 0. The second kappa shape index (κ2) is 6.53. The minimum atomic E-state index is -0.151. The van der Waals surface area contributed by atoms with Crippen molar-refractivity contribution >= 4 is 0 Å². The van der Waals surface area contributed by atoms with Gasteiger partial charge in [-0.15, -0.1) is 0 Å². The van der Waals surface area contributed by atoms with Crippen LogP contribution in [0.5, 0.6) is 5.75 Å². The molecule has 2 nitrogen and oxygen atoms in total. The van der Waals surface area contributed by atoms with E-state index in [0.29, 0.717) is 12.1 Å². The maximum atomic E-state index is 13.5. The van der Waals surface area contributed by atoms with Crippen LogP contribution in [-0.2, 0) is 6.54 Å². The van der Waals surface area contributed by atoms with Crippen molar-refractivity contribution < 1.29 is 9.13 Å². The minimum Gasteiger partial charge on any atom is -0.497 e. The first-order chi connectivity index (χ1) is 9.60. The van der Waals surface area contributed by atoms with Crippen molar-refractivity contribution in [3.63, 3.8) is 0 Å². The zero-order chi connectivity index (χ0) is 14.5. The molecule has 0 aliphatic rings. The van der Waals surface area contributed by atoms with Gasteiger partial charge in [0.1, 0.15) is 11.6 Å². The second-order valence-electron chi connectivity index (χ2n) is 4.96. The Kier molecular flexibility index (Phi) is 4.74. The molecule has 0 aliphatic heterocycles. The van der Waals surface area contributed by atoms with Crippen LogP contribution in [0.4, 0.5) is 4.39 Å². The van der Waals surface area contributed by atoms with Crippen molar-refractivity contribution in [3.8, 4) is 5.75 Å². The topological polar surface area (TPSA) is 21.3 Å². The number of aryl methyl sites for hydroxylation is 1. The zero-order valence-electron chi connectivity index (χ0n) is 12.1. The fourth-order valence-corrected chi connectivity index (χ4v) is 2.03. The van der Waals surface area contributed by atoms with Gasteiger partial charge in [-0.1, -0.05) is 24.3 Å². The number of rotatable bonds is 5. The van der Waals surface area contributed by atoms with Gasteiger partial charge < -0.3 is 10.1 Å². The van der Waals surface area contributed by atoms with Crippen molar-refractivity contribution in [1.82, 2.24) is 5.32 Å². The lowest BCUT2D eigenvalue weighted by atomic mass is 10.1. The van der Waals surface area contributed by atoms with E-state index >= 15 is 0 Å². The van der Waals surface area contributed by atoms with Gasteiger partial charge in [0.05, 0.1) is 7.11 Å². The molecule has 2 aromatic rings. The molecular formula is C17H20FNO. The number of methoxy groups -OCH3 is 1. The number of halogens is 1. The summed E-state index contributed by atoms with van der Waals surface area (Å²) in [4.78, 5) is 0. The van der Waals surface area contributed by atoms with Gasteiger partial charge in [-0.2, -0.15) is 0 Å². The third kappa shape index (κ3) is 3.58. The predicted octanol–water partition coefficient (Wildman–Crippen LogP) is 3.99. The normalized spacial score (nSPS) is 12.2. The molecule has 2 aromatic carbocycles. The monoisotopic (exact) mass is 273 g/mol. The molecular weight excluding hydrogens is 253 g/mol. The van der Waals surface area contributed by atoms with Crippen LogP contribution in [0, 0.1) is 12.7 Å². The highest BCUT2D eigenvalue weighted by atomic mass is 19.1. The van der Waals surface area contributed by atoms with Crippen LogP contribution in [0.3, 0.4) is 0 Å². The maximum absolute atomic E-state index is 13.5. The van der Waals surface area contributed by atoms with Crippen LogP contribution in [0.2, 0.25) is 0 Å². The van der Waals surface area contributed by atoms with Crippen LogP contribution in [0.1, 0.15) is 29.7 Å². The molecule has 0 saturated carbocycles. The Labute approximate surface area is 119 Å². The molecule has 0 amide bonds. The van der Waals surface area contributed by atoms with E-state index in [1.807, 2.05) is 36.4 Å².